The average molecular weight is 299 g/mol. The van der Waals surface area contributed by atoms with Gasteiger partial charge in [-0.2, -0.15) is 0 Å². The largest absolute Gasteiger partial charge is 0.545 e. The summed E-state index contributed by atoms with van der Waals surface area (Å²) in [6.07, 6.45) is 5.22. The van der Waals surface area contributed by atoms with Gasteiger partial charge in [0, 0.05) is 29.2 Å². The van der Waals surface area contributed by atoms with Crippen LogP contribution in [0.15, 0.2) is 24.3 Å². The van der Waals surface area contributed by atoms with Crippen LogP contribution < -0.4 is 10.1 Å². The molecule has 118 valence electrons. The topological polar surface area (TPSA) is 48.3 Å². The summed E-state index contributed by atoms with van der Waals surface area (Å²) in [7, 11) is 0. The molecule has 0 saturated carbocycles. The van der Waals surface area contributed by atoms with E-state index in [0.717, 1.165) is 48.8 Å². The van der Waals surface area contributed by atoms with Crippen LogP contribution in [0.3, 0.4) is 0 Å². The summed E-state index contributed by atoms with van der Waals surface area (Å²) in [5.74, 6) is -1.07. The van der Waals surface area contributed by atoms with Crippen LogP contribution in [0.1, 0.15) is 55.6 Å². The Kier molecular flexibility index (Phi) is 4.10. The Morgan fingerprint density at radius 2 is 2.09 bits per heavy atom. The second-order valence-electron chi connectivity index (χ2n) is 6.20. The number of benzene rings is 1. The predicted molar refractivity (Wildman–Crippen MR) is 86.7 cm³/mol. The Morgan fingerprint density at radius 3 is 2.77 bits per heavy atom. The third kappa shape index (κ3) is 2.36. The summed E-state index contributed by atoms with van der Waals surface area (Å²) in [6, 6.07) is 8.21. The Morgan fingerprint density at radius 1 is 1.32 bits per heavy atom. The van der Waals surface area contributed by atoms with E-state index >= 15 is 0 Å². The van der Waals surface area contributed by atoms with E-state index in [9.17, 15) is 9.90 Å². The number of hydrogen-bond acceptors (Lipinski definition) is 3. The van der Waals surface area contributed by atoms with Gasteiger partial charge in [0.15, 0.2) is 0 Å². The molecule has 0 spiro atoms. The number of carbonyl (C=O) groups is 1. The van der Waals surface area contributed by atoms with Gasteiger partial charge in [0.1, 0.15) is 0 Å². The van der Waals surface area contributed by atoms with E-state index < -0.39 is 5.97 Å². The predicted octanol–water partition coefficient (Wildman–Crippen LogP) is 2.47. The number of hydrogen-bond donors (Lipinski definition) is 0. The van der Waals surface area contributed by atoms with Gasteiger partial charge in [-0.1, -0.05) is 31.5 Å². The van der Waals surface area contributed by atoms with Crippen LogP contribution in [0.25, 0.3) is 10.9 Å². The van der Waals surface area contributed by atoms with Crippen LogP contribution in [-0.2, 0) is 6.42 Å². The standard InChI is InChI=1S/C18H24N2O2/c1-3-8-16-17(18(21)22)14-10-4-5-11-15(14)20(16)19-12-7-6-9-13(19)2/h4-5,10-11,13H,3,6-9,12H2,1-2H3,(H,21,22)/p-1. The number of carboxylic acid groups (broad SMARTS) is 1. The molecule has 1 saturated heterocycles. The molecule has 2 aromatic rings. The molecule has 2 heterocycles. The van der Waals surface area contributed by atoms with E-state index in [1.807, 2.05) is 24.3 Å². The molecule has 1 aliphatic heterocycles. The summed E-state index contributed by atoms with van der Waals surface area (Å²) in [4.78, 5) is 11.7. The maximum absolute atomic E-state index is 11.7. The minimum absolute atomic E-state index is 0.371. The molecule has 0 amide bonds. The van der Waals surface area contributed by atoms with E-state index in [-0.39, 0.29) is 0 Å². The fourth-order valence-corrected chi connectivity index (χ4v) is 3.65. The monoisotopic (exact) mass is 299 g/mol. The highest BCUT2D eigenvalue weighted by Gasteiger charge is 2.25. The first kappa shape index (κ1) is 14.9. The molecule has 1 unspecified atom stereocenters. The van der Waals surface area contributed by atoms with Crippen molar-refractivity contribution in [3.63, 3.8) is 0 Å². The molecule has 22 heavy (non-hydrogen) atoms. The van der Waals surface area contributed by atoms with Gasteiger partial charge in [-0.15, -0.1) is 0 Å². The number of aromatic carboxylic acids is 1. The Hall–Kier alpha value is -1.97. The molecule has 1 aliphatic rings. The molecule has 0 N–H and O–H groups in total. The molecule has 1 aromatic heterocycles. The first-order valence-electron chi connectivity index (χ1n) is 8.25. The van der Waals surface area contributed by atoms with Crippen LogP contribution in [-0.4, -0.2) is 23.2 Å². The van der Waals surface area contributed by atoms with Crippen molar-refractivity contribution in [1.29, 1.82) is 0 Å². The molecule has 3 rings (SSSR count). The number of nitrogens with zero attached hydrogens (tertiary/aromatic N) is 2. The lowest BCUT2D eigenvalue weighted by Gasteiger charge is -2.38. The Balaban J connectivity index is 2.26. The van der Waals surface area contributed by atoms with Crippen LogP contribution in [0.5, 0.6) is 0 Å². The average Bonchev–Trinajstić information content (AvgIpc) is 2.82. The number of fused-ring (bicyclic) bond motifs is 1. The molecular weight excluding hydrogens is 276 g/mol. The lowest BCUT2D eigenvalue weighted by molar-refractivity contribution is -0.254. The fraction of sp³-hybridized carbons (Fsp3) is 0.500. The molecule has 1 aromatic carbocycles. The first-order valence-corrected chi connectivity index (χ1v) is 8.25. The second kappa shape index (κ2) is 6.03. The SMILES string of the molecule is CCCc1c(C(=O)[O-])c2ccccc2n1N1CCCCC1C. The number of aromatic nitrogens is 1. The number of carbonyl (C=O) groups excluding carboxylic acids is 1. The molecule has 0 radical (unpaired) electrons. The van der Waals surface area contributed by atoms with Crippen molar-refractivity contribution < 1.29 is 9.90 Å². The fourth-order valence-electron chi connectivity index (χ4n) is 3.65. The van der Waals surface area contributed by atoms with Crippen molar-refractivity contribution >= 4 is 16.9 Å². The minimum Gasteiger partial charge on any atom is -0.545 e. The normalized spacial score (nSPS) is 18.8. The van der Waals surface area contributed by atoms with Crippen LogP contribution >= 0.6 is 0 Å². The molecule has 0 bridgehead atoms. The van der Waals surface area contributed by atoms with Gasteiger partial charge < -0.3 is 14.9 Å². The summed E-state index contributed by atoms with van der Waals surface area (Å²) in [5.41, 5.74) is 2.24. The quantitative estimate of drug-likeness (QED) is 0.871. The van der Waals surface area contributed by atoms with Crippen molar-refractivity contribution in [2.45, 2.75) is 52.0 Å². The van der Waals surface area contributed by atoms with Crippen molar-refractivity contribution in [2.75, 3.05) is 11.6 Å². The molecule has 1 fully saturated rings. The lowest BCUT2D eigenvalue weighted by atomic mass is 10.1. The summed E-state index contributed by atoms with van der Waals surface area (Å²) >= 11 is 0. The highest BCUT2D eigenvalue weighted by atomic mass is 16.4. The lowest BCUT2D eigenvalue weighted by Crippen LogP contribution is -2.46. The van der Waals surface area contributed by atoms with Crippen molar-refractivity contribution in [3.05, 3.63) is 35.5 Å². The van der Waals surface area contributed by atoms with Gasteiger partial charge in [-0.25, -0.2) is 0 Å². The first-order chi connectivity index (χ1) is 10.6. The van der Waals surface area contributed by atoms with Gasteiger partial charge in [0.2, 0.25) is 0 Å². The Bertz CT molecular complexity index is 690. The smallest absolute Gasteiger partial charge is 0.0740 e. The molecular formula is C18H23N2O2-. The van der Waals surface area contributed by atoms with Crippen molar-refractivity contribution in [2.24, 2.45) is 0 Å². The van der Waals surface area contributed by atoms with Gasteiger partial charge in [-0.05, 0) is 38.7 Å². The van der Waals surface area contributed by atoms with Gasteiger partial charge in [-0.3, -0.25) is 4.68 Å². The minimum atomic E-state index is -1.07. The second-order valence-corrected chi connectivity index (χ2v) is 6.20. The van der Waals surface area contributed by atoms with Crippen LogP contribution in [0, 0.1) is 0 Å². The van der Waals surface area contributed by atoms with Crippen LogP contribution in [0.2, 0.25) is 0 Å². The van der Waals surface area contributed by atoms with Crippen LogP contribution in [0.4, 0.5) is 0 Å². The van der Waals surface area contributed by atoms with Gasteiger partial charge in [0.25, 0.3) is 0 Å². The van der Waals surface area contributed by atoms with E-state index in [1.54, 1.807) is 0 Å². The Labute approximate surface area is 131 Å². The molecule has 4 heteroatoms. The van der Waals surface area contributed by atoms with Crippen molar-refractivity contribution in [3.8, 4) is 0 Å². The van der Waals surface area contributed by atoms with Crippen molar-refractivity contribution in [1.82, 2.24) is 4.68 Å². The zero-order valence-electron chi connectivity index (χ0n) is 13.3. The zero-order valence-corrected chi connectivity index (χ0v) is 13.3. The van der Waals surface area contributed by atoms with E-state index in [1.165, 1.54) is 6.42 Å². The number of piperidine rings is 1. The highest BCUT2D eigenvalue weighted by molar-refractivity contribution is 6.04. The molecule has 1 atom stereocenters. The molecule has 0 aliphatic carbocycles. The van der Waals surface area contributed by atoms with E-state index in [0.29, 0.717) is 11.6 Å². The van der Waals surface area contributed by atoms with Gasteiger partial charge in [0.05, 0.1) is 11.5 Å². The van der Waals surface area contributed by atoms with Gasteiger partial charge >= 0.3 is 0 Å². The molecule has 4 nitrogen and oxygen atoms in total. The number of rotatable bonds is 4. The van der Waals surface area contributed by atoms with E-state index in [4.69, 9.17) is 0 Å². The zero-order chi connectivity index (χ0) is 15.7. The third-order valence-corrected chi connectivity index (χ3v) is 4.66. The summed E-state index contributed by atoms with van der Waals surface area (Å²) < 4.78 is 2.16. The third-order valence-electron chi connectivity index (χ3n) is 4.66. The maximum Gasteiger partial charge on any atom is 0.0740 e. The van der Waals surface area contributed by atoms with E-state index in [2.05, 4.69) is 23.5 Å². The number of carboxylic acids is 1. The highest BCUT2D eigenvalue weighted by Crippen LogP contribution is 2.29. The maximum atomic E-state index is 11.7. The number of para-hydroxylation sites is 1. The summed E-state index contributed by atoms with van der Waals surface area (Å²) in [6.45, 7) is 5.28. The summed E-state index contributed by atoms with van der Waals surface area (Å²) in [5, 5.41) is 14.9.